The van der Waals surface area contributed by atoms with Crippen molar-refractivity contribution >= 4 is 5.91 Å². The zero-order chi connectivity index (χ0) is 16.7. The quantitative estimate of drug-likeness (QED) is 0.822. The summed E-state index contributed by atoms with van der Waals surface area (Å²) < 4.78 is 7.27. The zero-order valence-electron chi connectivity index (χ0n) is 14.8. The number of fused-ring (bicyclic) bond motifs is 4. The fourth-order valence-corrected chi connectivity index (χ4v) is 4.68. The van der Waals surface area contributed by atoms with Crippen LogP contribution in [0.25, 0.3) is 0 Å². The molecule has 4 aliphatic heterocycles. The number of hydrogen-bond donors (Lipinski definition) is 0. The summed E-state index contributed by atoms with van der Waals surface area (Å²) in [5, 5.41) is 4.35. The van der Waals surface area contributed by atoms with Crippen molar-refractivity contribution in [3.8, 4) is 0 Å². The summed E-state index contributed by atoms with van der Waals surface area (Å²) in [6.07, 6.45) is 6.52. The van der Waals surface area contributed by atoms with Gasteiger partial charge in [-0.05, 0) is 38.5 Å². The van der Waals surface area contributed by atoms with Crippen LogP contribution in [-0.4, -0.2) is 70.4 Å². The molecule has 2 atom stereocenters. The number of nitrogens with zero attached hydrogens (tertiary/aromatic N) is 4. The molecule has 6 heteroatoms. The molecule has 6 nitrogen and oxygen atoms in total. The van der Waals surface area contributed by atoms with E-state index in [1.165, 1.54) is 6.42 Å². The van der Waals surface area contributed by atoms with E-state index < -0.39 is 0 Å². The highest BCUT2D eigenvalue weighted by atomic mass is 16.5. The van der Waals surface area contributed by atoms with E-state index in [1.54, 1.807) is 4.68 Å². The molecule has 1 aromatic heterocycles. The van der Waals surface area contributed by atoms with E-state index in [4.69, 9.17) is 4.74 Å². The average molecular weight is 332 g/mol. The molecule has 5 rings (SSSR count). The van der Waals surface area contributed by atoms with E-state index in [2.05, 4.69) is 14.9 Å². The van der Waals surface area contributed by atoms with E-state index in [0.29, 0.717) is 18.0 Å². The molecular formula is C18H28N4O2. The molecule has 2 bridgehead atoms. The standard InChI is InChI=1S/C18H28N4O2/c1-13-17(12-20(2)19-13)18(23)22-10-14-3-4-16(22)11-21(9-14)15-5-7-24-8-6-15/h12,14-16H,3-11H2,1-2H3/t14-,16+/m1/s1. The molecule has 0 unspecified atom stereocenters. The van der Waals surface area contributed by atoms with Crippen LogP contribution >= 0.6 is 0 Å². The predicted molar refractivity (Wildman–Crippen MR) is 90.9 cm³/mol. The molecule has 0 aliphatic carbocycles. The Morgan fingerprint density at radius 1 is 1.12 bits per heavy atom. The first-order chi connectivity index (χ1) is 11.6. The highest BCUT2D eigenvalue weighted by Crippen LogP contribution is 2.31. The topological polar surface area (TPSA) is 50.6 Å². The summed E-state index contributed by atoms with van der Waals surface area (Å²) in [4.78, 5) is 17.9. The fraction of sp³-hybridized carbons (Fsp3) is 0.778. The minimum Gasteiger partial charge on any atom is -0.381 e. The number of carbonyl (C=O) groups is 1. The molecule has 24 heavy (non-hydrogen) atoms. The lowest BCUT2D eigenvalue weighted by molar-refractivity contribution is 0.0304. The van der Waals surface area contributed by atoms with Crippen LogP contribution in [0.15, 0.2) is 6.20 Å². The van der Waals surface area contributed by atoms with Gasteiger partial charge in [-0.1, -0.05) is 0 Å². The van der Waals surface area contributed by atoms with Crippen molar-refractivity contribution in [1.29, 1.82) is 0 Å². The van der Waals surface area contributed by atoms with E-state index in [9.17, 15) is 4.79 Å². The number of rotatable bonds is 2. The normalized spacial score (nSPS) is 29.0. The van der Waals surface area contributed by atoms with Crippen molar-refractivity contribution in [2.24, 2.45) is 13.0 Å². The molecule has 5 heterocycles. The molecule has 0 radical (unpaired) electrons. The maximum Gasteiger partial charge on any atom is 0.257 e. The summed E-state index contributed by atoms with van der Waals surface area (Å²) >= 11 is 0. The van der Waals surface area contributed by atoms with E-state index in [1.807, 2.05) is 20.2 Å². The smallest absolute Gasteiger partial charge is 0.257 e. The molecule has 0 N–H and O–H groups in total. The number of piperidine rings is 1. The van der Waals surface area contributed by atoms with Gasteiger partial charge in [-0.15, -0.1) is 0 Å². The van der Waals surface area contributed by atoms with Gasteiger partial charge in [-0.3, -0.25) is 14.4 Å². The van der Waals surface area contributed by atoms with Crippen LogP contribution in [0.2, 0.25) is 0 Å². The second kappa shape index (κ2) is 6.48. The Balaban J connectivity index is 1.52. The first-order valence-electron chi connectivity index (χ1n) is 9.25. The van der Waals surface area contributed by atoms with Crippen LogP contribution in [0.3, 0.4) is 0 Å². The molecule has 0 aromatic carbocycles. The van der Waals surface area contributed by atoms with Crippen molar-refractivity contribution in [2.45, 2.75) is 44.7 Å². The molecule has 4 fully saturated rings. The van der Waals surface area contributed by atoms with Crippen molar-refractivity contribution in [3.63, 3.8) is 0 Å². The highest BCUT2D eigenvalue weighted by molar-refractivity contribution is 5.95. The molecule has 0 saturated carbocycles. The van der Waals surface area contributed by atoms with Crippen molar-refractivity contribution in [2.75, 3.05) is 32.8 Å². The zero-order valence-corrected chi connectivity index (χ0v) is 14.8. The van der Waals surface area contributed by atoms with Crippen LogP contribution in [0, 0.1) is 12.8 Å². The summed E-state index contributed by atoms with van der Waals surface area (Å²) in [5.41, 5.74) is 1.60. The van der Waals surface area contributed by atoms with Gasteiger partial charge in [0.1, 0.15) is 0 Å². The number of amides is 1. The molecular weight excluding hydrogens is 304 g/mol. The van der Waals surface area contributed by atoms with Crippen LogP contribution in [0.5, 0.6) is 0 Å². The number of aromatic nitrogens is 2. The monoisotopic (exact) mass is 332 g/mol. The van der Waals surface area contributed by atoms with Crippen LogP contribution in [0.1, 0.15) is 41.7 Å². The van der Waals surface area contributed by atoms with Gasteiger partial charge in [-0.2, -0.15) is 5.10 Å². The van der Waals surface area contributed by atoms with Gasteiger partial charge in [0.2, 0.25) is 0 Å². The van der Waals surface area contributed by atoms with Gasteiger partial charge in [0, 0.05) is 58.2 Å². The predicted octanol–water partition coefficient (Wildman–Crippen LogP) is 1.44. The second-order valence-corrected chi connectivity index (χ2v) is 7.65. The first kappa shape index (κ1) is 16.1. The second-order valence-electron chi connectivity index (χ2n) is 7.65. The largest absolute Gasteiger partial charge is 0.381 e. The van der Waals surface area contributed by atoms with Gasteiger partial charge in [0.05, 0.1) is 11.3 Å². The molecule has 1 aromatic rings. The van der Waals surface area contributed by atoms with E-state index in [0.717, 1.165) is 63.4 Å². The van der Waals surface area contributed by atoms with Crippen LogP contribution < -0.4 is 0 Å². The average Bonchev–Trinajstić information content (AvgIpc) is 2.78. The maximum atomic E-state index is 13.1. The Labute approximate surface area is 143 Å². The minimum atomic E-state index is 0.170. The van der Waals surface area contributed by atoms with Crippen LogP contribution in [-0.2, 0) is 11.8 Å². The summed E-state index contributed by atoms with van der Waals surface area (Å²) in [6, 6.07) is 0.982. The van der Waals surface area contributed by atoms with E-state index in [-0.39, 0.29) is 5.91 Å². The third kappa shape index (κ3) is 2.97. The molecule has 1 amide bonds. The Morgan fingerprint density at radius 3 is 2.62 bits per heavy atom. The lowest BCUT2D eigenvalue weighted by atomic mass is 9.94. The summed E-state index contributed by atoms with van der Waals surface area (Å²) in [7, 11) is 1.88. The summed E-state index contributed by atoms with van der Waals surface area (Å²) in [6.45, 7) is 6.75. The Kier molecular flexibility index (Phi) is 4.35. The first-order valence-corrected chi connectivity index (χ1v) is 9.25. The van der Waals surface area contributed by atoms with Gasteiger partial charge in [0.25, 0.3) is 5.91 Å². The Morgan fingerprint density at radius 2 is 1.92 bits per heavy atom. The van der Waals surface area contributed by atoms with Gasteiger partial charge < -0.3 is 9.64 Å². The number of aryl methyl sites for hydroxylation is 2. The van der Waals surface area contributed by atoms with Gasteiger partial charge >= 0.3 is 0 Å². The molecule has 4 aliphatic rings. The fourth-order valence-electron chi connectivity index (χ4n) is 4.68. The van der Waals surface area contributed by atoms with Gasteiger partial charge in [-0.25, -0.2) is 0 Å². The number of ether oxygens (including phenoxy) is 1. The lowest BCUT2D eigenvalue weighted by Crippen LogP contribution is -2.48. The maximum absolute atomic E-state index is 13.1. The molecule has 4 saturated heterocycles. The summed E-state index contributed by atoms with van der Waals surface area (Å²) in [5.74, 6) is 0.775. The van der Waals surface area contributed by atoms with Crippen molar-refractivity contribution in [3.05, 3.63) is 17.5 Å². The molecule has 132 valence electrons. The lowest BCUT2D eigenvalue weighted by Gasteiger charge is -2.37. The van der Waals surface area contributed by atoms with Crippen molar-refractivity contribution < 1.29 is 9.53 Å². The third-order valence-electron chi connectivity index (χ3n) is 5.95. The minimum absolute atomic E-state index is 0.170. The Hall–Kier alpha value is -1.40. The SMILES string of the molecule is Cc1nn(C)cc1C(=O)N1C[C@@H]2CC[C@H]1CN(C1CCOCC1)C2. The van der Waals surface area contributed by atoms with Gasteiger partial charge in [0.15, 0.2) is 0 Å². The van der Waals surface area contributed by atoms with Crippen molar-refractivity contribution in [1.82, 2.24) is 19.6 Å². The number of carbonyl (C=O) groups excluding carboxylic acids is 1. The van der Waals surface area contributed by atoms with Crippen LogP contribution in [0.4, 0.5) is 0 Å². The number of hydrogen-bond acceptors (Lipinski definition) is 4. The molecule has 0 spiro atoms. The third-order valence-corrected chi connectivity index (χ3v) is 5.95. The van der Waals surface area contributed by atoms with E-state index >= 15 is 0 Å². The Bertz CT molecular complexity index is 608. The highest BCUT2D eigenvalue weighted by Gasteiger charge is 2.40.